The number of hydrogen-bond acceptors (Lipinski definition) is 4. The zero-order chi connectivity index (χ0) is 16.3. The van der Waals surface area contributed by atoms with Gasteiger partial charge in [-0.25, -0.2) is 8.42 Å². The van der Waals surface area contributed by atoms with E-state index in [-0.39, 0.29) is 6.04 Å². The van der Waals surface area contributed by atoms with Gasteiger partial charge in [0.15, 0.2) is 0 Å². The lowest BCUT2D eigenvalue weighted by atomic mass is 10.1. The van der Waals surface area contributed by atoms with Crippen LogP contribution in [-0.4, -0.2) is 37.8 Å². The largest absolute Gasteiger partial charge is 0.359 e. The third kappa shape index (κ3) is 2.87. The highest BCUT2D eigenvalue weighted by molar-refractivity contribution is 7.89. The predicted octanol–water partition coefficient (Wildman–Crippen LogP) is 2.50. The highest BCUT2D eigenvalue weighted by atomic mass is 32.2. The Morgan fingerprint density at radius 2 is 1.86 bits per heavy atom. The number of sulfonamides is 1. The summed E-state index contributed by atoms with van der Waals surface area (Å²) in [5, 5.41) is 9.02. The van der Waals surface area contributed by atoms with E-state index >= 15 is 0 Å². The highest BCUT2D eigenvalue weighted by Gasteiger charge is 2.25. The first kappa shape index (κ1) is 16.5. The molecule has 1 aromatic rings. The lowest BCUT2D eigenvalue weighted by molar-refractivity contribution is 0.352. The molecule has 0 fully saturated rings. The van der Waals surface area contributed by atoms with Crippen molar-refractivity contribution in [3.05, 3.63) is 41.6 Å². The van der Waals surface area contributed by atoms with Crippen LogP contribution in [0.1, 0.15) is 31.9 Å². The van der Waals surface area contributed by atoms with E-state index in [2.05, 4.69) is 6.07 Å². The van der Waals surface area contributed by atoms with Gasteiger partial charge < -0.3 is 4.90 Å². The second kappa shape index (κ2) is 6.51. The standard InChI is InChI=1S/C16H21N3O2S/c1-4-19(5-2)22(20,21)15-9-6-13(7-10-15)16-11-8-14(12-17)18(16)3/h6-10,16H,4-5,11H2,1-3H3. The Bertz CT molecular complexity index is 698. The van der Waals surface area contributed by atoms with Crippen molar-refractivity contribution in [2.24, 2.45) is 0 Å². The number of benzene rings is 1. The summed E-state index contributed by atoms with van der Waals surface area (Å²) in [6, 6.07) is 9.25. The molecule has 6 heteroatoms. The fourth-order valence-electron chi connectivity index (χ4n) is 2.75. The number of hydrogen-bond donors (Lipinski definition) is 0. The van der Waals surface area contributed by atoms with Gasteiger partial charge in [0.05, 0.1) is 10.9 Å². The second-order valence-electron chi connectivity index (χ2n) is 5.22. The summed E-state index contributed by atoms with van der Waals surface area (Å²) in [6.45, 7) is 4.58. The molecule has 5 nitrogen and oxygen atoms in total. The van der Waals surface area contributed by atoms with Crippen molar-refractivity contribution in [3.8, 4) is 6.07 Å². The summed E-state index contributed by atoms with van der Waals surface area (Å²) in [5.74, 6) is 0. The van der Waals surface area contributed by atoms with E-state index in [9.17, 15) is 8.42 Å². The van der Waals surface area contributed by atoms with Crippen LogP contribution in [0.15, 0.2) is 40.9 Å². The van der Waals surface area contributed by atoms with Crippen LogP contribution in [0.25, 0.3) is 0 Å². The fraction of sp³-hybridized carbons (Fsp3) is 0.438. The van der Waals surface area contributed by atoms with Crippen LogP contribution in [0.5, 0.6) is 0 Å². The average molecular weight is 319 g/mol. The summed E-state index contributed by atoms with van der Waals surface area (Å²) >= 11 is 0. The Hall–Kier alpha value is -1.84. The maximum absolute atomic E-state index is 12.5. The van der Waals surface area contributed by atoms with E-state index < -0.39 is 10.0 Å². The van der Waals surface area contributed by atoms with Gasteiger partial charge in [-0.15, -0.1) is 0 Å². The van der Waals surface area contributed by atoms with E-state index in [1.165, 1.54) is 4.31 Å². The number of rotatable bonds is 5. The van der Waals surface area contributed by atoms with Crippen LogP contribution in [0.2, 0.25) is 0 Å². The van der Waals surface area contributed by atoms with Gasteiger partial charge in [-0.3, -0.25) is 0 Å². The average Bonchev–Trinajstić information content (AvgIpc) is 2.89. The summed E-state index contributed by atoms with van der Waals surface area (Å²) < 4.78 is 26.3. The van der Waals surface area contributed by atoms with E-state index in [0.717, 1.165) is 12.0 Å². The topological polar surface area (TPSA) is 64.4 Å². The fourth-order valence-corrected chi connectivity index (χ4v) is 4.21. The van der Waals surface area contributed by atoms with Gasteiger partial charge in [0, 0.05) is 20.1 Å². The number of nitriles is 1. The monoisotopic (exact) mass is 319 g/mol. The quantitative estimate of drug-likeness (QED) is 0.836. The molecule has 1 aromatic carbocycles. The summed E-state index contributed by atoms with van der Waals surface area (Å²) in [6.07, 6.45) is 2.67. The van der Waals surface area contributed by atoms with Crippen LogP contribution in [0.4, 0.5) is 0 Å². The molecule has 0 bridgehead atoms. The molecule has 22 heavy (non-hydrogen) atoms. The van der Waals surface area contributed by atoms with Gasteiger partial charge in [-0.1, -0.05) is 26.0 Å². The predicted molar refractivity (Wildman–Crippen MR) is 85.4 cm³/mol. The van der Waals surface area contributed by atoms with Crippen LogP contribution < -0.4 is 0 Å². The van der Waals surface area contributed by atoms with Gasteiger partial charge in [0.2, 0.25) is 10.0 Å². The Kier molecular flexibility index (Phi) is 4.89. The minimum atomic E-state index is -3.42. The molecule has 0 amide bonds. The molecule has 2 rings (SSSR count). The Balaban J connectivity index is 2.24. The lowest BCUT2D eigenvalue weighted by Crippen LogP contribution is -2.30. The minimum Gasteiger partial charge on any atom is -0.359 e. The van der Waals surface area contributed by atoms with E-state index in [4.69, 9.17) is 5.26 Å². The van der Waals surface area contributed by atoms with Crippen LogP contribution in [0.3, 0.4) is 0 Å². The molecule has 0 N–H and O–H groups in total. The first-order valence-corrected chi connectivity index (χ1v) is 8.82. The van der Waals surface area contributed by atoms with Gasteiger partial charge in [-0.05, 0) is 30.2 Å². The maximum Gasteiger partial charge on any atom is 0.243 e. The minimum absolute atomic E-state index is 0.0971. The molecular weight excluding hydrogens is 298 g/mol. The van der Waals surface area contributed by atoms with E-state index in [1.54, 1.807) is 12.1 Å². The lowest BCUT2D eigenvalue weighted by Gasteiger charge is -2.23. The number of allylic oxidation sites excluding steroid dienone is 1. The van der Waals surface area contributed by atoms with Crippen molar-refractivity contribution in [3.63, 3.8) is 0 Å². The highest BCUT2D eigenvalue weighted by Crippen LogP contribution is 2.33. The number of nitrogens with zero attached hydrogens (tertiary/aromatic N) is 3. The Morgan fingerprint density at radius 1 is 1.27 bits per heavy atom. The third-order valence-corrected chi connectivity index (χ3v) is 6.17. The zero-order valence-electron chi connectivity index (χ0n) is 13.2. The molecule has 0 saturated carbocycles. The first-order chi connectivity index (χ1) is 10.5. The van der Waals surface area contributed by atoms with Crippen LogP contribution in [0, 0.1) is 11.3 Å². The van der Waals surface area contributed by atoms with Crippen molar-refractivity contribution in [1.82, 2.24) is 9.21 Å². The molecule has 1 heterocycles. The Labute approximate surface area is 132 Å². The molecule has 0 aliphatic carbocycles. The molecule has 1 atom stereocenters. The molecular formula is C16H21N3O2S. The van der Waals surface area contributed by atoms with E-state index in [0.29, 0.717) is 23.7 Å². The SMILES string of the molecule is CCN(CC)S(=O)(=O)c1ccc(C2CC=C(C#N)N2C)cc1. The molecule has 1 aliphatic rings. The molecule has 1 aliphatic heterocycles. The maximum atomic E-state index is 12.5. The molecule has 0 saturated heterocycles. The van der Waals surface area contributed by atoms with Gasteiger partial charge in [-0.2, -0.15) is 9.57 Å². The normalized spacial score (nSPS) is 18.4. The molecule has 0 radical (unpaired) electrons. The first-order valence-electron chi connectivity index (χ1n) is 7.38. The second-order valence-corrected chi connectivity index (χ2v) is 7.16. The molecule has 0 aromatic heterocycles. The third-order valence-electron chi connectivity index (χ3n) is 4.10. The van der Waals surface area contributed by atoms with E-state index in [1.807, 2.05) is 44.0 Å². The van der Waals surface area contributed by atoms with Crippen LogP contribution >= 0.6 is 0 Å². The van der Waals surface area contributed by atoms with Gasteiger partial charge >= 0.3 is 0 Å². The molecule has 0 spiro atoms. The van der Waals surface area contributed by atoms with Crippen molar-refractivity contribution in [2.75, 3.05) is 20.1 Å². The summed E-state index contributed by atoms with van der Waals surface area (Å²) in [7, 11) is -1.53. The van der Waals surface area contributed by atoms with Crippen molar-refractivity contribution < 1.29 is 8.42 Å². The zero-order valence-corrected chi connectivity index (χ0v) is 14.0. The van der Waals surface area contributed by atoms with Crippen molar-refractivity contribution in [1.29, 1.82) is 5.26 Å². The smallest absolute Gasteiger partial charge is 0.243 e. The molecule has 1 unspecified atom stereocenters. The molecule has 118 valence electrons. The summed E-state index contributed by atoms with van der Waals surface area (Å²) in [5.41, 5.74) is 1.67. The van der Waals surface area contributed by atoms with Crippen molar-refractivity contribution >= 4 is 10.0 Å². The van der Waals surface area contributed by atoms with Gasteiger partial charge in [0.25, 0.3) is 0 Å². The van der Waals surface area contributed by atoms with Crippen LogP contribution in [-0.2, 0) is 10.0 Å². The Morgan fingerprint density at radius 3 is 2.32 bits per heavy atom. The van der Waals surface area contributed by atoms with Crippen molar-refractivity contribution in [2.45, 2.75) is 31.2 Å². The summed E-state index contributed by atoms with van der Waals surface area (Å²) in [4.78, 5) is 2.24. The van der Waals surface area contributed by atoms with Gasteiger partial charge in [0.1, 0.15) is 11.8 Å².